The van der Waals surface area contributed by atoms with Gasteiger partial charge in [0.25, 0.3) is 0 Å². The van der Waals surface area contributed by atoms with Crippen LogP contribution < -0.4 is 9.50 Å². The van der Waals surface area contributed by atoms with Gasteiger partial charge in [-0.25, -0.2) is 4.79 Å². The zero-order valence-electron chi connectivity index (χ0n) is 16.0. The molecule has 0 heterocycles. The van der Waals surface area contributed by atoms with Gasteiger partial charge in [-0.1, -0.05) is 12.1 Å². The molecule has 28 heavy (non-hydrogen) atoms. The first kappa shape index (κ1) is 21.3. The lowest BCUT2D eigenvalue weighted by molar-refractivity contribution is 0.193. The van der Waals surface area contributed by atoms with E-state index in [4.69, 9.17) is 9.44 Å². The average molecular weight is 401 g/mol. The SMILES string of the molecule is CCS(=O)(=O)Oc1cccc(CN(C(=O)Nc2ccc(C#N)cc2)C(C)C)c1. The number of anilines is 1. The van der Waals surface area contributed by atoms with E-state index >= 15 is 0 Å². The highest BCUT2D eigenvalue weighted by molar-refractivity contribution is 7.87. The fourth-order valence-electron chi connectivity index (χ4n) is 2.41. The van der Waals surface area contributed by atoms with Crippen molar-refractivity contribution in [2.45, 2.75) is 33.4 Å². The first-order valence-electron chi connectivity index (χ1n) is 8.83. The molecule has 0 unspecified atom stereocenters. The molecule has 2 aromatic rings. The quantitative estimate of drug-likeness (QED) is 0.713. The van der Waals surface area contributed by atoms with E-state index in [1.165, 1.54) is 6.92 Å². The van der Waals surface area contributed by atoms with E-state index in [9.17, 15) is 13.2 Å². The van der Waals surface area contributed by atoms with Crippen LogP contribution in [0.15, 0.2) is 48.5 Å². The second kappa shape index (κ2) is 9.24. The largest absolute Gasteiger partial charge is 0.382 e. The summed E-state index contributed by atoms with van der Waals surface area (Å²) >= 11 is 0. The highest BCUT2D eigenvalue weighted by Crippen LogP contribution is 2.19. The first-order chi connectivity index (χ1) is 13.2. The number of nitrogens with one attached hydrogen (secondary N) is 1. The van der Waals surface area contributed by atoms with Gasteiger partial charge < -0.3 is 14.4 Å². The molecule has 1 N–H and O–H groups in total. The lowest BCUT2D eigenvalue weighted by atomic mass is 10.2. The highest BCUT2D eigenvalue weighted by Gasteiger charge is 2.18. The Morgan fingerprint density at radius 2 is 1.89 bits per heavy atom. The zero-order chi connectivity index (χ0) is 20.7. The zero-order valence-corrected chi connectivity index (χ0v) is 16.9. The summed E-state index contributed by atoms with van der Waals surface area (Å²) in [5.41, 5.74) is 1.84. The number of nitrogens with zero attached hydrogens (tertiary/aromatic N) is 2. The molecule has 0 aliphatic carbocycles. The second-order valence-electron chi connectivity index (χ2n) is 6.42. The predicted molar refractivity (Wildman–Crippen MR) is 107 cm³/mol. The number of hydrogen-bond acceptors (Lipinski definition) is 5. The van der Waals surface area contributed by atoms with Gasteiger partial charge in [-0.2, -0.15) is 13.7 Å². The number of urea groups is 1. The average Bonchev–Trinajstić information content (AvgIpc) is 2.66. The van der Waals surface area contributed by atoms with Gasteiger partial charge in [0, 0.05) is 18.3 Å². The van der Waals surface area contributed by atoms with E-state index in [1.54, 1.807) is 53.4 Å². The Kier molecular flexibility index (Phi) is 7.01. The Hall–Kier alpha value is -3.05. The number of rotatable bonds is 7. The maximum atomic E-state index is 12.7. The van der Waals surface area contributed by atoms with Crippen molar-refractivity contribution in [2.75, 3.05) is 11.1 Å². The lowest BCUT2D eigenvalue weighted by Gasteiger charge is -2.27. The van der Waals surface area contributed by atoms with Crippen LogP contribution in [0.2, 0.25) is 0 Å². The number of carbonyl (C=O) groups is 1. The third-order valence-corrected chi connectivity index (χ3v) is 5.13. The standard InChI is InChI=1S/C20H23N3O4S/c1-4-28(25,26)27-19-7-5-6-17(12-19)14-23(15(2)3)20(24)22-18-10-8-16(13-21)9-11-18/h5-12,15H,4,14H2,1-3H3,(H,22,24). The molecule has 0 radical (unpaired) electrons. The van der Waals surface area contributed by atoms with Gasteiger partial charge >= 0.3 is 16.1 Å². The number of nitriles is 1. The molecular formula is C20H23N3O4S. The van der Waals surface area contributed by atoms with Crippen molar-refractivity contribution in [3.63, 3.8) is 0 Å². The first-order valence-corrected chi connectivity index (χ1v) is 10.4. The molecule has 148 valence electrons. The molecule has 2 aromatic carbocycles. The maximum Gasteiger partial charge on any atom is 0.322 e. The number of hydrogen-bond donors (Lipinski definition) is 1. The van der Waals surface area contributed by atoms with E-state index in [0.29, 0.717) is 11.3 Å². The fourth-order valence-corrected chi connectivity index (χ4v) is 2.92. The molecule has 0 fully saturated rings. The van der Waals surface area contributed by atoms with Gasteiger partial charge in [0.15, 0.2) is 0 Å². The van der Waals surface area contributed by atoms with Crippen molar-refractivity contribution < 1.29 is 17.4 Å². The minimum Gasteiger partial charge on any atom is -0.382 e. The van der Waals surface area contributed by atoms with Crippen LogP contribution >= 0.6 is 0 Å². The molecule has 0 aromatic heterocycles. The van der Waals surface area contributed by atoms with E-state index in [1.807, 2.05) is 19.9 Å². The van der Waals surface area contributed by atoms with Gasteiger partial charge in [0.05, 0.1) is 17.4 Å². The van der Waals surface area contributed by atoms with Gasteiger partial charge in [-0.15, -0.1) is 0 Å². The maximum absolute atomic E-state index is 12.7. The van der Waals surface area contributed by atoms with Crippen LogP contribution in [0.3, 0.4) is 0 Å². The predicted octanol–water partition coefficient (Wildman–Crippen LogP) is 3.73. The van der Waals surface area contributed by atoms with E-state index in [-0.39, 0.29) is 30.1 Å². The molecule has 2 rings (SSSR count). The van der Waals surface area contributed by atoms with E-state index < -0.39 is 10.1 Å². The van der Waals surface area contributed by atoms with Crippen molar-refractivity contribution in [2.24, 2.45) is 0 Å². The molecule has 0 spiro atoms. The Morgan fingerprint density at radius 1 is 1.21 bits per heavy atom. The minimum atomic E-state index is -3.61. The monoisotopic (exact) mass is 401 g/mol. The van der Waals surface area contributed by atoms with Gasteiger partial charge in [-0.05, 0) is 62.7 Å². The van der Waals surface area contributed by atoms with Crippen molar-refractivity contribution >= 4 is 21.8 Å². The Morgan fingerprint density at radius 3 is 2.46 bits per heavy atom. The molecule has 2 amide bonds. The normalized spacial score (nSPS) is 11.0. The molecule has 0 atom stereocenters. The molecule has 0 bridgehead atoms. The second-order valence-corrected chi connectivity index (χ2v) is 8.28. The molecule has 8 heteroatoms. The third kappa shape index (κ3) is 5.99. The van der Waals surface area contributed by atoms with Crippen LogP contribution in [0.1, 0.15) is 31.9 Å². The summed E-state index contributed by atoms with van der Waals surface area (Å²) in [7, 11) is -3.61. The summed E-state index contributed by atoms with van der Waals surface area (Å²) in [6, 6.07) is 14.9. The summed E-state index contributed by atoms with van der Waals surface area (Å²) in [5, 5.41) is 11.7. The van der Waals surface area contributed by atoms with Crippen molar-refractivity contribution in [3.05, 3.63) is 59.7 Å². The molecule has 0 aliphatic heterocycles. The smallest absolute Gasteiger partial charge is 0.322 e. The van der Waals surface area contributed by atoms with Gasteiger partial charge in [0.1, 0.15) is 5.75 Å². The summed E-state index contributed by atoms with van der Waals surface area (Å²) in [6.07, 6.45) is 0. The van der Waals surface area contributed by atoms with Crippen LogP contribution in [0.25, 0.3) is 0 Å². The third-order valence-electron chi connectivity index (χ3n) is 3.98. The topological polar surface area (TPSA) is 99.5 Å². The van der Waals surface area contributed by atoms with E-state index in [2.05, 4.69) is 5.32 Å². The van der Waals surface area contributed by atoms with E-state index in [0.717, 1.165) is 5.56 Å². The van der Waals surface area contributed by atoms with Crippen LogP contribution in [0, 0.1) is 11.3 Å². The number of benzene rings is 2. The van der Waals surface area contributed by atoms with Crippen LogP contribution in [-0.4, -0.2) is 31.1 Å². The Balaban J connectivity index is 2.13. The molecule has 7 nitrogen and oxygen atoms in total. The summed E-state index contributed by atoms with van der Waals surface area (Å²) in [4.78, 5) is 14.3. The van der Waals surface area contributed by atoms with Crippen molar-refractivity contribution in [1.82, 2.24) is 4.90 Å². The minimum absolute atomic E-state index is 0.0951. The summed E-state index contributed by atoms with van der Waals surface area (Å²) < 4.78 is 28.3. The highest BCUT2D eigenvalue weighted by atomic mass is 32.2. The molecule has 0 saturated carbocycles. The van der Waals surface area contributed by atoms with Crippen molar-refractivity contribution in [1.29, 1.82) is 5.26 Å². The summed E-state index contributed by atoms with van der Waals surface area (Å²) in [5.74, 6) is 0.0954. The van der Waals surface area contributed by atoms with Crippen LogP contribution in [0.4, 0.5) is 10.5 Å². The van der Waals surface area contributed by atoms with Crippen LogP contribution in [-0.2, 0) is 16.7 Å². The molecule has 0 aliphatic rings. The van der Waals surface area contributed by atoms with Crippen molar-refractivity contribution in [3.8, 4) is 11.8 Å². The Bertz CT molecular complexity index is 964. The number of amides is 2. The lowest BCUT2D eigenvalue weighted by Crippen LogP contribution is -2.39. The Labute approximate surface area is 165 Å². The summed E-state index contributed by atoms with van der Waals surface area (Å²) in [6.45, 7) is 5.57. The fraction of sp³-hybridized carbons (Fsp3) is 0.300. The number of carbonyl (C=O) groups excluding carboxylic acids is 1. The molecular weight excluding hydrogens is 378 g/mol. The van der Waals surface area contributed by atoms with Gasteiger partial charge in [-0.3, -0.25) is 0 Å². The van der Waals surface area contributed by atoms with Gasteiger partial charge in [0.2, 0.25) is 0 Å². The molecule has 0 saturated heterocycles. The van der Waals surface area contributed by atoms with Crippen LogP contribution in [0.5, 0.6) is 5.75 Å².